The fourth-order valence-corrected chi connectivity index (χ4v) is 3.84. The molecule has 0 unspecified atom stereocenters. The molecule has 0 amide bonds. The van der Waals surface area contributed by atoms with Crippen LogP contribution in [0.5, 0.6) is 5.75 Å². The summed E-state index contributed by atoms with van der Waals surface area (Å²) in [4.78, 5) is 12.6. The van der Waals surface area contributed by atoms with Crippen molar-refractivity contribution in [3.63, 3.8) is 0 Å². The van der Waals surface area contributed by atoms with Crippen LogP contribution in [0.3, 0.4) is 0 Å². The van der Waals surface area contributed by atoms with E-state index >= 15 is 0 Å². The van der Waals surface area contributed by atoms with Crippen molar-refractivity contribution >= 4 is 17.7 Å². The summed E-state index contributed by atoms with van der Waals surface area (Å²) >= 11 is 0.453. The van der Waals surface area contributed by atoms with E-state index in [0.29, 0.717) is 33.9 Å². The van der Waals surface area contributed by atoms with Crippen LogP contribution in [0.1, 0.15) is 54.4 Å². The Balaban J connectivity index is 1.59. The van der Waals surface area contributed by atoms with Crippen LogP contribution < -0.4 is 4.74 Å². The average Bonchev–Trinajstić information content (AvgIpc) is 2.63. The molecule has 1 aliphatic rings. The van der Waals surface area contributed by atoms with Crippen LogP contribution >= 0.6 is 11.8 Å². The Kier molecular flexibility index (Phi) is 6.30. The number of thioether (sulfide) groups is 1. The molecule has 0 radical (unpaired) electrons. The number of halogens is 2. The van der Waals surface area contributed by atoms with E-state index in [1.54, 1.807) is 0 Å². The Morgan fingerprint density at radius 1 is 1.00 bits per heavy atom. The van der Waals surface area contributed by atoms with Gasteiger partial charge in [-0.3, -0.25) is 0 Å². The summed E-state index contributed by atoms with van der Waals surface area (Å²) in [6, 6.07) is 13.7. The maximum absolute atomic E-state index is 12.3. The summed E-state index contributed by atoms with van der Waals surface area (Å²) < 4.78 is 30.0. The third-order valence-electron chi connectivity index (χ3n) is 4.89. The average molecular weight is 376 g/mol. The van der Waals surface area contributed by atoms with Crippen molar-refractivity contribution in [2.24, 2.45) is 5.92 Å². The second kappa shape index (κ2) is 8.67. The first-order valence-corrected chi connectivity index (χ1v) is 9.76. The molecule has 0 bridgehead atoms. The van der Waals surface area contributed by atoms with Gasteiger partial charge in [-0.1, -0.05) is 43.7 Å². The van der Waals surface area contributed by atoms with Gasteiger partial charge < -0.3 is 4.74 Å². The maximum atomic E-state index is 12.3. The van der Waals surface area contributed by atoms with Crippen molar-refractivity contribution < 1.29 is 18.3 Å². The van der Waals surface area contributed by atoms with Gasteiger partial charge in [-0.2, -0.15) is 8.78 Å². The van der Waals surface area contributed by atoms with Crippen LogP contribution in [0.15, 0.2) is 53.4 Å². The van der Waals surface area contributed by atoms with E-state index < -0.39 is 11.7 Å². The van der Waals surface area contributed by atoms with Crippen LogP contribution in [0.25, 0.3) is 0 Å². The number of esters is 1. The van der Waals surface area contributed by atoms with Gasteiger partial charge in [0.05, 0.1) is 5.56 Å². The van der Waals surface area contributed by atoms with Crippen molar-refractivity contribution in [1.29, 1.82) is 0 Å². The predicted molar refractivity (Wildman–Crippen MR) is 100 cm³/mol. The topological polar surface area (TPSA) is 26.3 Å². The van der Waals surface area contributed by atoms with Crippen LogP contribution in [0.2, 0.25) is 0 Å². The van der Waals surface area contributed by atoms with Crippen LogP contribution in [0.4, 0.5) is 8.78 Å². The molecule has 2 aromatic carbocycles. The molecule has 0 N–H and O–H groups in total. The molecule has 1 saturated carbocycles. The number of carbonyl (C=O) groups is 1. The highest BCUT2D eigenvalue weighted by atomic mass is 32.2. The first kappa shape index (κ1) is 18.9. The molecule has 0 aliphatic heterocycles. The minimum atomic E-state index is -2.47. The highest BCUT2D eigenvalue weighted by molar-refractivity contribution is 7.99. The van der Waals surface area contributed by atoms with Gasteiger partial charge in [0, 0.05) is 4.90 Å². The van der Waals surface area contributed by atoms with Gasteiger partial charge in [-0.05, 0) is 66.6 Å². The minimum absolute atomic E-state index is 0.342. The first-order valence-electron chi connectivity index (χ1n) is 8.88. The van der Waals surface area contributed by atoms with Crippen LogP contribution in [-0.2, 0) is 0 Å². The third-order valence-corrected chi connectivity index (χ3v) is 5.62. The van der Waals surface area contributed by atoms with E-state index in [0.717, 1.165) is 5.92 Å². The van der Waals surface area contributed by atoms with Crippen LogP contribution in [-0.4, -0.2) is 11.7 Å². The fourth-order valence-electron chi connectivity index (χ4n) is 3.34. The molecule has 0 heterocycles. The van der Waals surface area contributed by atoms with E-state index in [1.165, 1.54) is 55.5 Å². The molecule has 138 valence electrons. The van der Waals surface area contributed by atoms with Gasteiger partial charge in [0.25, 0.3) is 5.76 Å². The molecule has 1 fully saturated rings. The second-order valence-corrected chi connectivity index (χ2v) is 7.88. The lowest BCUT2D eigenvalue weighted by molar-refractivity contribution is 0.0734. The highest BCUT2D eigenvalue weighted by Crippen LogP contribution is 2.36. The first-order chi connectivity index (χ1) is 12.5. The lowest BCUT2D eigenvalue weighted by Crippen LogP contribution is -2.11. The molecule has 5 heteroatoms. The number of carbonyl (C=O) groups excluding carboxylic acids is 1. The monoisotopic (exact) mass is 376 g/mol. The molecular weight excluding hydrogens is 354 g/mol. The smallest absolute Gasteiger partial charge is 0.343 e. The molecule has 0 aromatic heterocycles. The second-order valence-electron chi connectivity index (χ2n) is 6.82. The van der Waals surface area contributed by atoms with E-state index in [2.05, 4.69) is 6.92 Å². The molecule has 2 nitrogen and oxygen atoms in total. The zero-order valence-electron chi connectivity index (χ0n) is 14.7. The van der Waals surface area contributed by atoms with Crippen molar-refractivity contribution in [1.82, 2.24) is 0 Å². The maximum Gasteiger partial charge on any atom is 0.343 e. The normalized spacial score (nSPS) is 20.2. The van der Waals surface area contributed by atoms with E-state index in [-0.39, 0.29) is 0 Å². The van der Waals surface area contributed by atoms with Crippen molar-refractivity contribution in [3.8, 4) is 5.75 Å². The number of benzene rings is 2. The minimum Gasteiger partial charge on any atom is -0.423 e. The van der Waals surface area contributed by atoms with E-state index in [4.69, 9.17) is 4.74 Å². The number of hydrogen-bond acceptors (Lipinski definition) is 3. The number of rotatable bonds is 5. The molecule has 2 aromatic rings. The Bertz CT molecular complexity index is 721. The SMILES string of the molecule is CC1CCC(c2ccc(OC(=O)c3ccc(SC(F)F)cc3)cc2)CC1. The Hall–Kier alpha value is -1.88. The lowest BCUT2D eigenvalue weighted by atomic mass is 9.79. The third kappa shape index (κ3) is 5.07. The number of alkyl halides is 2. The number of ether oxygens (including phenoxy) is 1. The summed E-state index contributed by atoms with van der Waals surface area (Å²) in [7, 11) is 0. The predicted octanol–water partition coefficient (Wildman–Crippen LogP) is 6.51. The molecule has 0 saturated heterocycles. The Morgan fingerprint density at radius 3 is 2.19 bits per heavy atom. The van der Waals surface area contributed by atoms with Crippen molar-refractivity contribution in [2.75, 3.05) is 0 Å². The Labute approximate surface area is 156 Å². The lowest BCUT2D eigenvalue weighted by Gasteiger charge is -2.26. The van der Waals surface area contributed by atoms with Gasteiger partial charge in [-0.15, -0.1) is 0 Å². The zero-order valence-corrected chi connectivity index (χ0v) is 15.5. The molecule has 26 heavy (non-hydrogen) atoms. The Morgan fingerprint density at radius 2 is 1.62 bits per heavy atom. The summed E-state index contributed by atoms with van der Waals surface area (Å²) in [6.45, 7) is 2.30. The van der Waals surface area contributed by atoms with Gasteiger partial charge in [-0.25, -0.2) is 4.79 Å². The molecule has 0 atom stereocenters. The van der Waals surface area contributed by atoms with E-state index in [9.17, 15) is 13.6 Å². The molecular formula is C21H22F2O2S. The summed E-state index contributed by atoms with van der Waals surface area (Å²) in [5.41, 5.74) is 1.64. The van der Waals surface area contributed by atoms with E-state index in [1.807, 2.05) is 24.3 Å². The summed E-state index contributed by atoms with van der Waals surface area (Å²) in [5.74, 6) is -1.06. The molecule has 1 aliphatic carbocycles. The van der Waals surface area contributed by atoms with Gasteiger partial charge in [0.2, 0.25) is 0 Å². The quantitative estimate of drug-likeness (QED) is 0.338. The standard InChI is InChI=1S/C21H22F2O2S/c1-14-2-4-15(5-3-14)16-6-10-18(11-7-16)25-20(24)17-8-12-19(13-9-17)26-21(22)23/h6-15,21H,2-5H2,1H3. The largest absolute Gasteiger partial charge is 0.423 e. The van der Waals surface area contributed by atoms with Gasteiger partial charge >= 0.3 is 5.97 Å². The summed E-state index contributed by atoms with van der Waals surface area (Å²) in [6.07, 6.45) is 4.95. The van der Waals surface area contributed by atoms with Crippen molar-refractivity contribution in [3.05, 3.63) is 59.7 Å². The fraction of sp³-hybridized carbons (Fsp3) is 0.381. The van der Waals surface area contributed by atoms with Crippen LogP contribution in [0, 0.1) is 5.92 Å². The van der Waals surface area contributed by atoms with Gasteiger partial charge in [0.15, 0.2) is 0 Å². The highest BCUT2D eigenvalue weighted by Gasteiger charge is 2.19. The number of hydrogen-bond donors (Lipinski definition) is 0. The van der Waals surface area contributed by atoms with Crippen molar-refractivity contribution in [2.45, 2.75) is 49.2 Å². The molecule has 0 spiro atoms. The zero-order chi connectivity index (χ0) is 18.5. The summed E-state index contributed by atoms with van der Waals surface area (Å²) in [5, 5.41) is 0. The van der Waals surface area contributed by atoms with Gasteiger partial charge in [0.1, 0.15) is 5.75 Å². The molecule has 3 rings (SSSR count).